The van der Waals surface area contributed by atoms with Crippen molar-refractivity contribution >= 4 is 5.91 Å². The van der Waals surface area contributed by atoms with Crippen LogP contribution in [0.5, 0.6) is 0 Å². The molecule has 1 saturated carbocycles. The second kappa shape index (κ2) is 6.65. The van der Waals surface area contributed by atoms with Crippen molar-refractivity contribution in [3.8, 4) is 0 Å². The Labute approximate surface area is 128 Å². The summed E-state index contributed by atoms with van der Waals surface area (Å²) < 4.78 is 7.53. The van der Waals surface area contributed by atoms with Crippen LogP contribution in [-0.4, -0.2) is 44.7 Å². The predicted octanol–water partition coefficient (Wildman–Crippen LogP) is 1.21. The molecule has 116 valence electrons. The third-order valence-electron chi connectivity index (χ3n) is 4.14. The molecule has 2 heterocycles. The minimum absolute atomic E-state index is 0.0306. The Bertz CT molecular complexity index is 602. The first kappa shape index (κ1) is 14.6. The largest absolute Gasteiger partial charge is 0.381 e. The summed E-state index contributed by atoms with van der Waals surface area (Å²) in [4.78, 5) is 24.3. The Hall–Kier alpha value is -2.28. The van der Waals surface area contributed by atoms with Gasteiger partial charge in [-0.15, -0.1) is 0 Å². The van der Waals surface area contributed by atoms with Crippen molar-refractivity contribution in [1.82, 2.24) is 24.8 Å². The van der Waals surface area contributed by atoms with Crippen LogP contribution in [0.25, 0.3) is 0 Å². The van der Waals surface area contributed by atoms with Crippen molar-refractivity contribution in [1.29, 1.82) is 0 Å². The van der Waals surface area contributed by atoms with E-state index in [4.69, 9.17) is 4.74 Å². The molecule has 2 aromatic heterocycles. The maximum atomic E-state index is 12.3. The lowest BCUT2D eigenvalue weighted by atomic mass is 9.87. The van der Waals surface area contributed by atoms with Crippen LogP contribution in [-0.2, 0) is 4.74 Å². The van der Waals surface area contributed by atoms with E-state index in [9.17, 15) is 4.79 Å². The number of nitrogens with zero attached hydrogens (tertiary/aromatic N) is 4. The van der Waals surface area contributed by atoms with Crippen molar-refractivity contribution in [2.24, 2.45) is 0 Å². The summed E-state index contributed by atoms with van der Waals surface area (Å²) in [5, 5.41) is 3.08. The van der Waals surface area contributed by atoms with Crippen LogP contribution in [0.1, 0.15) is 35.8 Å². The molecular weight excluding hydrogens is 282 g/mol. The van der Waals surface area contributed by atoms with E-state index in [2.05, 4.69) is 20.3 Å². The summed E-state index contributed by atoms with van der Waals surface area (Å²) >= 11 is 0. The minimum atomic E-state index is -0.173. The molecule has 1 fully saturated rings. The fraction of sp³-hybridized carbons (Fsp3) is 0.467. The van der Waals surface area contributed by atoms with Crippen LogP contribution in [0.3, 0.4) is 0 Å². The van der Waals surface area contributed by atoms with Gasteiger partial charge in [-0.3, -0.25) is 4.79 Å². The lowest BCUT2D eigenvalue weighted by Gasteiger charge is -2.36. The van der Waals surface area contributed by atoms with E-state index >= 15 is 0 Å². The van der Waals surface area contributed by atoms with Crippen molar-refractivity contribution in [3.05, 3.63) is 43.0 Å². The van der Waals surface area contributed by atoms with Gasteiger partial charge in [-0.25, -0.2) is 15.0 Å². The SMILES string of the molecule is CO[C@@H]1CC[C@@H](NC(=O)c2ccncn2)[C@H](n2ccnc2)C1. The molecule has 1 aliphatic carbocycles. The number of hydrogen-bond donors (Lipinski definition) is 1. The Morgan fingerprint density at radius 3 is 2.95 bits per heavy atom. The fourth-order valence-corrected chi connectivity index (χ4v) is 2.95. The van der Waals surface area contributed by atoms with E-state index < -0.39 is 0 Å². The van der Waals surface area contributed by atoms with Crippen molar-refractivity contribution in [2.45, 2.75) is 37.5 Å². The molecule has 0 radical (unpaired) electrons. The summed E-state index contributed by atoms with van der Waals surface area (Å²) in [7, 11) is 1.73. The summed E-state index contributed by atoms with van der Waals surface area (Å²) in [6.07, 6.45) is 11.2. The van der Waals surface area contributed by atoms with Gasteiger partial charge in [-0.2, -0.15) is 0 Å². The second-order valence-corrected chi connectivity index (χ2v) is 5.42. The number of carbonyl (C=O) groups is 1. The van der Waals surface area contributed by atoms with E-state index in [1.54, 1.807) is 31.9 Å². The molecule has 1 amide bonds. The Balaban J connectivity index is 1.74. The number of amides is 1. The Morgan fingerprint density at radius 2 is 2.27 bits per heavy atom. The Kier molecular flexibility index (Phi) is 4.43. The van der Waals surface area contributed by atoms with Gasteiger partial charge in [0.15, 0.2) is 0 Å². The molecule has 3 atom stereocenters. The van der Waals surface area contributed by atoms with E-state index in [1.165, 1.54) is 6.33 Å². The molecule has 2 aromatic rings. The fourth-order valence-electron chi connectivity index (χ4n) is 2.95. The number of methoxy groups -OCH3 is 1. The number of aromatic nitrogens is 4. The molecular formula is C15H19N5O2. The molecule has 1 aliphatic rings. The number of ether oxygens (including phenoxy) is 1. The molecule has 0 spiro atoms. The van der Waals surface area contributed by atoms with Gasteiger partial charge in [0.05, 0.1) is 24.5 Å². The zero-order valence-electron chi connectivity index (χ0n) is 12.4. The zero-order chi connectivity index (χ0) is 15.4. The standard InChI is InChI=1S/C15H19N5O2/c1-22-11-2-3-12(14(8-11)20-7-6-17-10-20)19-15(21)13-4-5-16-9-18-13/h4-7,9-12,14H,2-3,8H2,1H3,(H,19,21)/t11-,12-,14-/m1/s1. The quantitative estimate of drug-likeness (QED) is 0.918. The molecule has 0 bridgehead atoms. The number of nitrogens with one attached hydrogen (secondary N) is 1. The molecule has 0 unspecified atom stereocenters. The highest BCUT2D eigenvalue weighted by atomic mass is 16.5. The van der Waals surface area contributed by atoms with Gasteiger partial charge in [0.2, 0.25) is 0 Å². The summed E-state index contributed by atoms with van der Waals surface area (Å²) in [6, 6.07) is 1.78. The van der Waals surface area contributed by atoms with Crippen LogP contribution in [0.15, 0.2) is 37.3 Å². The van der Waals surface area contributed by atoms with Gasteiger partial charge in [0.25, 0.3) is 5.91 Å². The average molecular weight is 301 g/mol. The topological polar surface area (TPSA) is 81.9 Å². The maximum Gasteiger partial charge on any atom is 0.270 e. The van der Waals surface area contributed by atoms with Gasteiger partial charge in [-0.1, -0.05) is 0 Å². The normalized spacial score (nSPS) is 24.9. The van der Waals surface area contributed by atoms with Gasteiger partial charge < -0.3 is 14.6 Å². The van der Waals surface area contributed by atoms with E-state index in [0.29, 0.717) is 5.69 Å². The maximum absolute atomic E-state index is 12.3. The summed E-state index contributed by atoms with van der Waals surface area (Å²) in [6.45, 7) is 0. The molecule has 0 aliphatic heterocycles. The highest BCUT2D eigenvalue weighted by Gasteiger charge is 2.32. The molecule has 22 heavy (non-hydrogen) atoms. The number of imidazole rings is 1. The van der Waals surface area contributed by atoms with Crippen LogP contribution in [0.2, 0.25) is 0 Å². The molecule has 7 nitrogen and oxygen atoms in total. The van der Waals surface area contributed by atoms with E-state index in [1.807, 2.05) is 10.8 Å². The highest BCUT2D eigenvalue weighted by Crippen LogP contribution is 2.30. The molecule has 0 saturated heterocycles. The smallest absolute Gasteiger partial charge is 0.270 e. The first-order chi connectivity index (χ1) is 10.8. The molecule has 0 aromatic carbocycles. The van der Waals surface area contributed by atoms with E-state index in [-0.39, 0.29) is 24.1 Å². The second-order valence-electron chi connectivity index (χ2n) is 5.42. The van der Waals surface area contributed by atoms with Gasteiger partial charge in [0.1, 0.15) is 12.0 Å². The van der Waals surface area contributed by atoms with Gasteiger partial charge in [-0.05, 0) is 25.3 Å². The third-order valence-corrected chi connectivity index (χ3v) is 4.14. The number of hydrogen-bond acceptors (Lipinski definition) is 5. The first-order valence-corrected chi connectivity index (χ1v) is 7.35. The molecule has 7 heteroatoms. The first-order valence-electron chi connectivity index (χ1n) is 7.35. The summed E-state index contributed by atoms with van der Waals surface area (Å²) in [5.74, 6) is -0.173. The predicted molar refractivity (Wildman–Crippen MR) is 79.2 cm³/mol. The average Bonchev–Trinajstić information content (AvgIpc) is 3.10. The molecule has 1 N–H and O–H groups in total. The van der Waals surface area contributed by atoms with Crippen LogP contribution in [0.4, 0.5) is 0 Å². The third kappa shape index (κ3) is 3.14. The monoisotopic (exact) mass is 301 g/mol. The van der Waals surface area contributed by atoms with Gasteiger partial charge >= 0.3 is 0 Å². The van der Waals surface area contributed by atoms with Crippen molar-refractivity contribution in [3.63, 3.8) is 0 Å². The number of carbonyl (C=O) groups excluding carboxylic acids is 1. The Morgan fingerprint density at radius 1 is 1.36 bits per heavy atom. The van der Waals surface area contributed by atoms with Crippen molar-refractivity contribution in [2.75, 3.05) is 7.11 Å². The van der Waals surface area contributed by atoms with Gasteiger partial charge in [0, 0.05) is 25.7 Å². The van der Waals surface area contributed by atoms with Crippen LogP contribution < -0.4 is 5.32 Å². The van der Waals surface area contributed by atoms with Crippen molar-refractivity contribution < 1.29 is 9.53 Å². The molecule has 3 rings (SSSR count). The van der Waals surface area contributed by atoms with Crippen LogP contribution in [0, 0.1) is 0 Å². The highest BCUT2D eigenvalue weighted by molar-refractivity contribution is 5.92. The lowest BCUT2D eigenvalue weighted by Crippen LogP contribution is -2.46. The van der Waals surface area contributed by atoms with Crippen LogP contribution >= 0.6 is 0 Å². The zero-order valence-corrected chi connectivity index (χ0v) is 12.4. The minimum Gasteiger partial charge on any atom is -0.381 e. The summed E-state index contributed by atoms with van der Waals surface area (Å²) in [5.41, 5.74) is 0.383. The lowest BCUT2D eigenvalue weighted by molar-refractivity contribution is 0.0393. The van der Waals surface area contributed by atoms with E-state index in [0.717, 1.165) is 19.3 Å². The number of rotatable bonds is 4.